The van der Waals surface area contributed by atoms with Crippen LogP contribution in [0.5, 0.6) is 0 Å². The highest BCUT2D eigenvalue weighted by molar-refractivity contribution is 6.39. The number of nitrogens with zero attached hydrogens (tertiary/aromatic N) is 1. The molecule has 402 valence electrons. The minimum absolute atomic E-state index is 0.0248. The number of fused-ring (bicyclic) bond motifs is 3. The number of aliphatic hydroxyl groups is 4. The molecule has 0 aromatic heterocycles. The second-order valence-electron chi connectivity index (χ2n) is 20.7. The number of aliphatic hydroxyl groups excluding tert-OH is 3. The molecule has 0 aromatic rings. The van der Waals surface area contributed by atoms with Crippen LogP contribution in [0.1, 0.15) is 126 Å². The van der Waals surface area contributed by atoms with Crippen molar-refractivity contribution < 1.29 is 72.8 Å². The van der Waals surface area contributed by atoms with Crippen LogP contribution in [-0.2, 0) is 52.4 Å². The number of methoxy groups -OCH3 is 2. The number of Topliss-reactive ketones (excluding diaryl/α,β-unsaturated/α-hetero) is 3. The zero-order valence-electron chi connectivity index (χ0n) is 44.0. The fraction of sp³-hybridized carbons (Fsp3) is 0.759. The maximum Gasteiger partial charge on any atom is 0.329 e. The van der Waals surface area contributed by atoms with E-state index in [0.717, 1.165) is 5.57 Å². The van der Waals surface area contributed by atoms with Crippen molar-refractivity contribution in [1.29, 1.82) is 0 Å². The number of carbonyl (C=O) groups excluding carboxylic acids is 5. The Morgan fingerprint density at radius 1 is 0.887 bits per heavy atom. The number of amides is 1. The maximum absolute atomic E-state index is 14.5. The molecule has 2 saturated heterocycles. The third kappa shape index (κ3) is 17.0. The molecule has 5 N–H and O–H groups in total. The van der Waals surface area contributed by atoms with E-state index in [9.17, 15) is 44.4 Å². The monoisotopic (exact) mass is 1000 g/mol. The number of carbonyl (C=O) groups is 5. The maximum atomic E-state index is 14.5. The first-order chi connectivity index (χ1) is 33.6. The van der Waals surface area contributed by atoms with Gasteiger partial charge < -0.3 is 53.7 Å². The number of nitrogens with one attached hydrogen (secondary N) is 1. The third-order valence-corrected chi connectivity index (χ3v) is 15.1. The number of piperidine rings is 1. The van der Waals surface area contributed by atoms with Crippen LogP contribution in [0.3, 0.4) is 0 Å². The molecular weight excluding hydrogens is 917 g/mol. The summed E-state index contributed by atoms with van der Waals surface area (Å²) in [6.45, 7) is 12.7. The van der Waals surface area contributed by atoms with Gasteiger partial charge >= 0.3 is 5.97 Å². The molecule has 2 bridgehead atoms. The fourth-order valence-corrected chi connectivity index (χ4v) is 10.5. The number of esters is 1. The Morgan fingerprint density at radius 3 is 2.31 bits per heavy atom. The highest BCUT2D eigenvalue weighted by Gasteiger charge is 2.53. The molecule has 4 aliphatic rings. The van der Waals surface area contributed by atoms with Crippen molar-refractivity contribution in [1.82, 2.24) is 10.2 Å². The Hall–Kier alpha value is -3.49. The average molecular weight is 1000 g/mol. The first-order valence-corrected chi connectivity index (χ1v) is 25.9. The highest BCUT2D eigenvalue weighted by atomic mass is 16.6. The Kier molecular flexibility index (Phi) is 24.4. The van der Waals surface area contributed by atoms with Gasteiger partial charge in [0.15, 0.2) is 5.78 Å². The molecule has 1 unspecified atom stereocenters. The molecule has 0 spiro atoms. The number of rotatable bonds is 11. The number of allylic oxidation sites excluding steroid dienone is 6. The van der Waals surface area contributed by atoms with Crippen LogP contribution in [0.4, 0.5) is 0 Å². The van der Waals surface area contributed by atoms with Crippen LogP contribution in [-0.4, -0.2) is 157 Å². The lowest BCUT2D eigenvalue weighted by molar-refractivity contribution is -0.266. The molecular formula is C54H86N2O15. The van der Waals surface area contributed by atoms with Crippen LogP contribution in [0.2, 0.25) is 0 Å². The lowest BCUT2D eigenvalue weighted by Crippen LogP contribution is -2.61. The van der Waals surface area contributed by atoms with E-state index >= 15 is 0 Å². The van der Waals surface area contributed by atoms with Gasteiger partial charge in [0.2, 0.25) is 12.2 Å². The van der Waals surface area contributed by atoms with Crippen molar-refractivity contribution in [2.75, 3.05) is 41.0 Å². The van der Waals surface area contributed by atoms with Gasteiger partial charge in [-0.3, -0.25) is 24.5 Å². The van der Waals surface area contributed by atoms with Gasteiger partial charge in [0.1, 0.15) is 30.1 Å². The quantitative estimate of drug-likeness (QED) is 0.0598. The van der Waals surface area contributed by atoms with Gasteiger partial charge in [0.25, 0.3) is 11.7 Å². The van der Waals surface area contributed by atoms with E-state index in [1.807, 2.05) is 51.2 Å². The largest absolute Gasteiger partial charge is 0.460 e. The predicted molar refractivity (Wildman–Crippen MR) is 265 cm³/mol. The molecule has 17 heteroatoms. The summed E-state index contributed by atoms with van der Waals surface area (Å²) in [5.41, 5.74) is 1.16. The van der Waals surface area contributed by atoms with Crippen molar-refractivity contribution in [3.05, 3.63) is 47.6 Å². The second-order valence-corrected chi connectivity index (χ2v) is 20.7. The molecule has 16 atom stereocenters. The fourth-order valence-electron chi connectivity index (χ4n) is 10.5. The predicted octanol–water partition coefficient (Wildman–Crippen LogP) is 5.06. The first-order valence-electron chi connectivity index (χ1n) is 25.9. The number of ether oxygens (including phenoxy) is 6. The molecule has 71 heavy (non-hydrogen) atoms. The van der Waals surface area contributed by atoms with Gasteiger partial charge in [-0.05, 0) is 114 Å². The Labute approximate surface area is 421 Å². The summed E-state index contributed by atoms with van der Waals surface area (Å²) in [6, 6.07) is -1.18. The van der Waals surface area contributed by atoms with Crippen LogP contribution in [0.15, 0.2) is 47.6 Å². The molecule has 4 rings (SSSR count). The zero-order chi connectivity index (χ0) is 52.6. The molecule has 0 aromatic carbocycles. The van der Waals surface area contributed by atoms with Gasteiger partial charge in [0, 0.05) is 51.4 Å². The normalized spacial score (nSPS) is 38.5. The van der Waals surface area contributed by atoms with Gasteiger partial charge in [0.05, 0.1) is 37.6 Å². The lowest BCUT2D eigenvalue weighted by Gasteiger charge is -2.43. The van der Waals surface area contributed by atoms with E-state index in [0.29, 0.717) is 63.4 Å². The lowest BCUT2D eigenvalue weighted by atomic mass is 9.78. The van der Waals surface area contributed by atoms with Crippen LogP contribution < -0.4 is 5.32 Å². The SMILES string of the molecule is CNC(O)OCCO[C@H]1C[C@@H]2CC[C@@H](C)[C@@](O)(O2)C(=O)C(=O)N2CCCC[C@H]2C(=O)O[C@H]([C@H](C)C[C@@H]2CC[C@@H](O)[C@H](OC)C2)CC(=O)[C@H](C)/C=C(\C)[C@@H](O)[C@@H](OC)C(=O)[C@H](C)C[C@H](C)/C=C/C=C/C=C/1C. The van der Waals surface area contributed by atoms with Crippen molar-refractivity contribution in [2.24, 2.45) is 35.5 Å². The molecule has 3 aliphatic heterocycles. The summed E-state index contributed by atoms with van der Waals surface area (Å²) in [7, 11) is 4.47. The minimum Gasteiger partial charge on any atom is -0.460 e. The van der Waals surface area contributed by atoms with Crippen LogP contribution in [0.25, 0.3) is 0 Å². The smallest absolute Gasteiger partial charge is 0.329 e. The first kappa shape index (κ1) is 60.1. The van der Waals surface area contributed by atoms with Crippen molar-refractivity contribution in [3.8, 4) is 0 Å². The van der Waals surface area contributed by atoms with Gasteiger partial charge in [-0.25, -0.2) is 4.79 Å². The molecule has 1 aliphatic carbocycles. The second kappa shape index (κ2) is 28.8. The summed E-state index contributed by atoms with van der Waals surface area (Å²) in [5.74, 6) is -8.38. The van der Waals surface area contributed by atoms with Crippen molar-refractivity contribution >= 4 is 29.2 Å². The summed E-state index contributed by atoms with van der Waals surface area (Å²) < 4.78 is 35.2. The Morgan fingerprint density at radius 2 is 1.62 bits per heavy atom. The molecule has 3 fully saturated rings. The van der Waals surface area contributed by atoms with Gasteiger partial charge in [-0.1, -0.05) is 71.1 Å². The number of cyclic esters (lactones) is 1. The molecule has 17 nitrogen and oxygen atoms in total. The summed E-state index contributed by atoms with van der Waals surface area (Å²) in [6.07, 6.45) is 8.99. The van der Waals surface area contributed by atoms with E-state index in [4.69, 9.17) is 28.4 Å². The van der Waals surface area contributed by atoms with E-state index < -0.39 is 90.3 Å². The molecule has 1 saturated carbocycles. The van der Waals surface area contributed by atoms with Crippen LogP contribution in [0, 0.1) is 35.5 Å². The molecule has 3 heterocycles. The van der Waals surface area contributed by atoms with E-state index in [-0.39, 0.29) is 74.4 Å². The molecule has 0 radical (unpaired) electrons. The van der Waals surface area contributed by atoms with Crippen molar-refractivity contribution in [3.63, 3.8) is 0 Å². The summed E-state index contributed by atoms with van der Waals surface area (Å²) in [4.78, 5) is 72.4. The van der Waals surface area contributed by atoms with Crippen molar-refractivity contribution in [2.45, 2.75) is 186 Å². The number of ketones is 3. The Balaban J connectivity index is 1.72. The van der Waals surface area contributed by atoms with E-state index in [1.54, 1.807) is 47.9 Å². The zero-order valence-corrected chi connectivity index (χ0v) is 44.0. The van der Waals surface area contributed by atoms with Gasteiger partial charge in [-0.2, -0.15) is 0 Å². The van der Waals surface area contributed by atoms with E-state index in [1.165, 1.54) is 12.0 Å². The molecule has 1 amide bonds. The standard InChI is InChI=1S/C54H86N2O15/c1-32-16-12-11-13-17-33(2)44(68-24-25-69-53(64)55-8)30-40-21-19-38(7)54(65,71-40)50(61)51(62)56-23-15-14-18-41(56)52(63)70-45(35(4)28-39-20-22-42(57)46(29-39)66-9)31-43(58)34(3)27-37(6)48(60)49(67-10)47(59)36(5)26-32/h11-13,16-17,27,32,34-36,38-42,44-46,48-49,53,55,57,60,64-65H,14-15,18-26,28-31H2,1-10H3/b13-11+,16-12+,33-17+,37-27+/t32-,34-,35-,36-,38-,39+,40+,41+,42-,44+,45+,46-,48-,49+,53?,54-/m1/s1. The van der Waals surface area contributed by atoms with Gasteiger partial charge in [-0.15, -0.1) is 0 Å². The average Bonchev–Trinajstić information content (AvgIpc) is 3.35. The van der Waals surface area contributed by atoms with E-state index in [2.05, 4.69) is 5.32 Å². The summed E-state index contributed by atoms with van der Waals surface area (Å²) in [5, 5.41) is 46.5. The number of hydrogen-bond donors (Lipinski definition) is 5. The van der Waals surface area contributed by atoms with Crippen LogP contribution >= 0.6 is 0 Å². The minimum atomic E-state index is -2.51. The number of hydrogen-bond acceptors (Lipinski definition) is 16. The third-order valence-electron chi connectivity index (χ3n) is 15.1. The topological polar surface area (TPSA) is 237 Å². The summed E-state index contributed by atoms with van der Waals surface area (Å²) >= 11 is 0. The highest BCUT2D eigenvalue weighted by Crippen LogP contribution is 2.38. The Bertz CT molecular complexity index is 1880.